The Balaban J connectivity index is 1.93. The summed E-state index contributed by atoms with van der Waals surface area (Å²) in [7, 11) is 1.63. The SMILES string of the molecule is CCCCOCCCNC(=O)c1cc2ccc(OC)cc2nc1C. The Hall–Kier alpha value is -2.14. The molecule has 0 aliphatic rings. The predicted octanol–water partition coefficient (Wildman–Crippen LogP) is 3.49. The molecule has 1 amide bonds. The highest BCUT2D eigenvalue weighted by atomic mass is 16.5. The van der Waals surface area contributed by atoms with Crippen LogP contribution in [0, 0.1) is 6.92 Å². The first-order valence-electron chi connectivity index (χ1n) is 8.47. The number of nitrogens with one attached hydrogen (secondary N) is 1. The number of hydrogen-bond donors (Lipinski definition) is 1. The molecule has 0 aliphatic heterocycles. The van der Waals surface area contributed by atoms with Gasteiger partial charge in [-0.05, 0) is 38.0 Å². The molecule has 1 heterocycles. The monoisotopic (exact) mass is 330 g/mol. The molecule has 0 radical (unpaired) electrons. The first-order chi connectivity index (χ1) is 11.7. The Morgan fingerprint density at radius 2 is 2.00 bits per heavy atom. The Kier molecular flexibility index (Phi) is 7.00. The number of unbranched alkanes of at least 4 members (excludes halogenated alkanes) is 1. The van der Waals surface area contributed by atoms with Crippen molar-refractivity contribution in [1.29, 1.82) is 0 Å². The Labute approximate surface area is 143 Å². The molecular formula is C19H26N2O3. The molecule has 0 fully saturated rings. The summed E-state index contributed by atoms with van der Waals surface area (Å²) in [5.74, 6) is 0.668. The number of pyridine rings is 1. The average Bonchev–Trinajstić information content (AvgIpc) is 2.59. The summed E-state index contributed by atoms with van der Waals surface area (Å²) in [5.41, 5.74) is 2.15. The van der Waals surface area contributed by atoms with Crippen molar-refractivity contribution in [3.8, 4) is 5.75 Å². The predicted molar refractivity (Wildman–Crippen MR) is 95.7 cm³/mol. The van der Waals surface area contributed by atoms with Gasteiger partial charge in [-0.25, -0.2) is 0 Å². The molecule has 0 spiro atoms. The zero-order valence-electron chi connectivity index (χ0n) is 14.7. The molecule has 0 bridgehead atoms. The fraction of sp³-hybridized carbons (Fsp3) is 0.474. The molecule has 1 N–H and O–H groups in total. The molecule has 0 unspecified atom stereocenters. The number of aryl methyl sites for hydroxylation is 1. The lowest BCUT2D eigenvalue weighted by molar-refractivity contribution is 0.0939. The number of methoxy groups -OCH3 is 1. The second kappa shape index (κ2) is 9.23. The fourth-order valence-electron chi connectivity index (χ4n) is 2.42. The average molecular weight is 330 g/mol. The van der Waals surface area contributed by atoms with Crippen molar-refractivity contribution in [2.24, 2.45) is 0 Å². The lowest BCUT2D eigenvalue weighted by atomic mass is 10.1. The molecule has 0 saturated carbocycles. The van der Waals surface area contributed by atoms with E-state index in [1.807, 2.05) is 31.2 Å². The fourth-order valence-corrected chi connectivity index (χ4v) is 2.42. The van der Waals surface area contributed by atoms with Gasteiger partial charge in [0, 0.05) is 31.2 Å². The first-order valence-corrected chi connectivity index (χ1v) is 8.47. The van der Waals surface area contributed by atoms with Crippen molar-refractivity contribution in [2.45, 2.75) is 33.1 Å². The van der Waals surface area contributed by atoms with E-state index >= 15 is 0 Å². The molecule has 0 aliphatic carbocycles. The van der Waals surface area contributed by atoms with Gasteiger partial charge in [-0.3, -0.25) is 9.78 Å². The molecule has 5 heteroatoms. The van der Waals surface area contributed by atoms with Gasteiger partial charge in [-0.2, -0.15) is 0 Å². The van der Waals surface area contributed by atoms with Crippen molar-refractivity contribution < 1.29 is 14.3 Å². The first kappa shape index (κ1) is 18.2. The topological polar surface area (TPSA) is 60.5 Å². The van der Waals surface area contributed by atoms with Crippen LogP contribution in [0.2, 0.25) is 0 Å². The van der Waals surface area contributed by atoms with Gasteiger partial charge in [0.15, 0.2) is 0 Å². The van der Waals surface area contributed by atoms with E-state index in [2.05, 4.69) is 17.2 Å². The highest BCUT2D eigenvalue weighted by Gasteiger charge is 2.11. The minimum atomic E-state index is -0.0914. The zero-order chi connectivity index (χ0) is 17.4. The summed E-state index contributed by atoms with van der Waals surface area (Å²) >= 11 is 0. The van der Waals surface area contributed by atoms with Gasteiger partial charge in [-0.1, -0.05) is 13.3 Å². The minimum Gasteiger partial charge on any atom is -0.497 e. The number of carbonyl (C=O) groups excluding carboxylic acids is 1. The van der Waals surface area contributed by atoms with E-state index in [0.717, 1.165) is 42.5 Å². The quantitative estimate of drug-likeness (QED) is 0.715. The zero-order valence-corrected chi connectivity index (χ0v) is 14.7. The maximum Gasteiger partial charge on any atom is 0.253 e. The van der Waals surface area contributed by atoms with Crippen LogP contribution in [0.1, 0.15) is 42.2 Å². The summed E-state index contributed by atoms with van der Waals surface area (Å²) in [5, 5.41) is 3.86. The van der Waals surface area contributed by atoms with E-state index in [0.29, 0.717) is 24.4 Å². The smallest absolute Gasteiger partial charge is 0.253 e. The van der Waals surface area contributed by atoms with Crippen molar-refractivity contribution in [3.63, 3.8) is 0 Å². The van der Waals surface area contributed by atoms with Crippen LogP contribution >= 0.6 is 0 Å². The van der Waals surface area contributed by atoms with Crippen LogP contribution in [0.3, 0.4) is 0 Å². The number of hydrogen-bond acceptors (Lipinski definition) is 4. The number of rotatable bonds is 9. The van der Waals surface area contributed by atoms with Gasteiger partial charge in [0.25, 0.3) is 5.91 Å². The second-order valence-electron chi connectivity index (χ2n) is 5.76. The molecule has 24 heavy (non-hydrogen) atoms. The molecule has 0 saturated heterocycles. The number of aromatic nitrogens is 1. The van der Waals surface area contributed by atoms with E-state index in [4.69, 9.17) is 9.47 Å². The molecule has 5 nitrogen and oxygen atoms in total. The number of ether oxygens (including phenoxy) is 2. The summed E-state index contributed by atoms with van der Waals surface area (Å²) < 4.78 is 10.7. The number of benzene rings is 1. The van der Waals surface area contributed by atoms with Crippen LogP contribution in [0.5, 0.6) is 5.75 Å². The maximum atomic E-state index is 12.4. The summed E-state index contributed by atoms with van der Waals surface area (Å²) in [4.78, 5) is 16.9. The highest BCUT2D eigenvalue weighted by Crippen LogP contribution is 2.21. The number of amides is 1. The molecule has 0 atom stereocenters. The number of nitrogens with zero attached hydrogens (tertiary/aromatic N) is 1. The Morgan fingerprint density at radius 3 is 2.75 bits per heavy atom. The van der Waals surface area contributed by atoms with Gasteiger partial charge in [0.2, 0.25) is 0 Å². The van der Waals surface area contributed by atoms with Crippen LogP contribution in [0.25, 0.3) is 10.9 Å². The third-order valence-corrected chi connectivity index (χ3v) is 3.85. The van der Waals surface area contributed by atoms with E-state index in [-0.39, 0.29) is 5.91 Å². The highest BCUT2D eigenvalue weighted by molar-refractivity contribution is 5.98. The van der Waals surface area contributed by atoms with Crippen LogP contribution in [0.4, 0.5) is 0 Å². The van der Waals surface area contributed by atoms with Crippen molar-refractivity contribution in [1.82, 2.24) is 10.3 Å². The largest absolute Gasteiger partial charge is 0.497 e. The molecule has 130 valence electrons. The van der Waals surface area contributed by atoms with Crippen molar-refractivity contribution in [3.05, 3.63) is 35.5 Å². The number of fused-ring (bicyclic) bond motifs is 1. The van der Waals surface area contributed by atoms with E-state index in [1.165, 1.54) is 0 Å². The normalized spacial score (nSPS) is 10.8. The minimum absolute atomic E-state index is 0.0914. The van der Waals surface area contributed by atoms with Gasteiger partial charge >= 0.3 is 0 Å². The van der Waals surface area contributed by atoms with E-state index in [9.17, 15) is 4.79 Å². The standard InChI is InChI=1S/C19H26N2O3/c1-4-5-10-24-11-6-9-20-19(22)17-12-15-7-8-16(23-3)13-18(15)21-14(17)2/h7-8,12-13H,4-6,9-11H2,1-3H3,(H,20,22). The molecule has 1 aromatic heterocycles. The molecule has 1 aromatic carbocycles. The number of carbonyl (C=O) groups is 1. The second-order valence-corrected chi connectivity index (χ2v) is 5.76. The van der Waals surface area contributed by atoms with Gasteiger partial charge in [0.1, 0.15) is 5.75 Å². The van der Waals surface area contributed by atoms with Crippen LogP contribution in [-0.2, 0) is 4.74 Å². The van der Waals surface area contributed by atoms with Crippen LogP contribution in [0.15, 0.2) is 24.3 Å². The van der Waals surface area contributed by atoms with Crippen LogP contribution < -0.4 is 10.1 Å². The van der Waals surface area contributed by atoms with Crippen molar-refractivity contribution >= 4 is 16.8 Å². The van der Waals surface area contributed by atoms with Crippen molar-refractivity contribution in [2.75, 3.05) is 26.9 Å². The van der Waals surface area contributed by atoms with Gasteiger partial charge < -0.3 is 14.8 Å². The van der Waals surface area contributed by atoms with E-state index in [1.54, 1.807) is 7.11 Å². The van der Waals surface area contributed by atoms with Gasteiger partial charge in [0.05, 0.1) is 23.9 Å². The Morgan fingerprint density at radius 1 is 1.21 bits per heavy atom. The maximum absolute atomic E-state index is 12.4. The third-order valence-electron chi connectivity index (χ3n) is 3.85. The van der Waals surface area contributed by atoms with Crippen LogP contribution in [-0.4, -0.2) is 37.8 Å². The third kappa shape index (κ3) is 4.93. The summed E-state index contributed by atoms with van der Waals surface area (Å²) in [6, 6.07) is 7.54. The van der Waals surface area contributed by atoms with Gasteiger partial charge in [-0.15, -0.1) is 0 Å². The lowest BCUT2D eigenvalue weighted by Gasteiger charge is -2.10. The lowest BCUT2D eigenvalue weighted by Crippen LogP contribution is -2.26. The molecule has 2 rings (SSSR count). The molecule has 2 aromatic rings. The summed E-state index contributed by atoms with van der Waals surface area (Å²) in [6.45, 7) is 6.06. The summed E-state index contributed by atoms with van der Waals surface area (Å²) in [6.07, 6.45) is 3.03. The Bertz CT molecular complexity index is 686. The molecular weight excluding hydrogens is 304 g/mol. The van der Waals surface area contributed by atoms with E-state index < -0.39 is 0 Å².